The SMILES string of the molecule is Cc1cc(Cl)ccc1O[C@@H](C)C(=O)NNC(=O)c1ccco1. The first-order valence-electron chi connectivity index (χ1n) is 6.54. The Balaban J connectivity index is 1.88. The molecular formula is C15H15ClN2O4. The van der Waals surface area contributed by atoms with Gasteiger partial charge < -0.3 is 9.15 Å². The molecule has 0 aliphatic rings. The molecule has 1 aromatic heterocycles. The number of carbonyl (C=O) groups excluding carboxylic acids is 2. The lowest BCUT2D eigenvalue weighted by atomic mass is 10.2. The zero-order valence-electron chi connectivity index (χ0n) is 12.1. The number of amides is 2. The lowest BCUT2D eigenvalue weighted by molar-refractivity contribution is -0.128. The number of benzene rings is 1. The van der Waals surface area contributed by atoms with Crippen LogP contribution in [-0.4, -0.2) is 17.9 Å². The molecule has 0 fully saturated rings. The smallest absolute Gasteiger partial charge is 0.305 e. The number of ether oxygens (including phenoxy) is 1. The molecule has 1 atom stereocenters. The van der Waals surface area contributed by atoms with E-state index in [-0.39, 0.29) is 5.76 Å². The van der Waals surface area contributed by atoms with Crippen molar-refractivity contribution in [2.45, 2.75) is 20.0 Å². The molecule has 2 rings (SSSR count). The van der Waals surface area contributed by atoms with Crippen molar-refractivity contribution in [3.05, 3.63) is 52.9 Å². The zero-order valence-corrected chi connectivity index (χ0v) is 12.8. The third-order valence-corrected chi connectivity index (χ3v) is 3.09. The van der Waals surface area contributed by atoms with Crippen LogP contribution in [0.5, 0.6) is 5.75 Å². The molecule has 0 bridgehead atoms. The Morgan fingerprint density at radius 2 is 2.05 bits per heavy atom. The van der Waals surface area contributed by atoms with Crippen molar-refractivity contribution in [3.63, 3.8) is 0 Å². The van der Waals surface area contributed by atoms with E-state index in [1.807, 2.05) is 6.92 Å². The van der Waals surface area contributed by atoms with E-state index in [4.69, 9.17) is 20.8 Å². The van der Waals surface area contributed by atoms with Gasteiger partial charge in [0.2, 0.25) is 0 Å². The summed E-state index contributed by atoms with van der Waals surface area (Å²) in [6, 6.07) is 8.15. The van der Waals surface area contributed by atoms with E-state index in [9.17, 15) is 9.59 Å². The molecule has 0 spiro atoms. The first-order valence-corrected chi connectivity index (χ1v) is 6.91. The summed E-state index contributed by atoms with van der Waals surface area (Å²) in [6.45, 7) is 3.40. The molecule has 1 heterocycles. The second-order valence-corrected chi connectivity index (χ2v) is 5.03. The Hall–Kier alpha value is -2.47. The minimum atomic E-state index is -0.795. The number of hydrogen-bond donors (Lipinski definition) is 2. The van der Waals surface area contributed by atoms with Gasteiger partial charge in [0.15, 0.2) is 11.9 Å². The van der Waals surface area contributed by atoms with Gasteiger partial charge in [0.05, 0.1) is 6.26 Å². The van der Waals surface area contributed by atoms with E-state index in [1.165, 1.54) is 12.3 Å². The summed E-state index contributed by atoms with van der Waals surface area (Å²) in [6.07, 6.45) is 0.572. The van der Waals surface area contributed by atoms with Gasteiger partial charge >= 0.3 is 5.91 Å². The number of aryl methyl sites for hydroxylation is 1. The number of nitrogens with one attached hydrogen (secondary N) is 2. The minimum absolute atomic E-state index is 0.0995. The number of carbonyl (C=O) groups is 2. The molecule has 6 nitrogen and oxygen atoms in total. The van der Waals surface area contributed by atoms with Gasteiger partial charge in [-0.3, -0.25) is 20.4 Å². The normalized spacial score (nSPS) is 11.6. The van der Waals surface area contributed by atoms with Gasteiger partial charge in [0.1, 0.15) is 5.75 Å². The van der Waals surface area contributed by atoms with Crippen LogP contribution < -0.4 is 15.6 Å². The zero-order chi connectivity index (χ0) is 16.1. The average molecular weight is 323 g/mol. The highest BCUT2D eigenvalue weighted by molar-refractivity contribution is 6.30. The monoisotopic (exact) mass is 322 g/mol. The van der Waals surface area contributed by atoms with Crippen molar-refractivity contribution in [3.8, 4) is 5.75 Å². The summed E-state index contributed by atoms with van der Waals surface area (Å²) in [4.78, 5) is 23.5. The lowest BCUT2D eigenvalue weighted by Gasteiger charge is -2.16. The van der Waals surface area contributed by atoms with E-state index in [2.05, 4.69) is 10.9 Å². The Labute approximate surface area is 132 Å². The van der Waals surface area contributed by atoms with Crippen LogP contribution in [0, 0.1) is 6.92 Å². The largest absolute Gasteiger partial charge is 0.481 e. The molecule has 0 unspecified atom stereocenters. The average Bonchev–Trinajstić information content (AvgIpc) is 3.01. The Bertz CT molecular complexity index is 670. The van der Waals surface area contributed by atoms with Gasteiger partial charge in [-0.1, -0.05) is 11.6 Å². The van der Waals surface area contributed by atoms with Gasteiger partial charge in [0.25, 0.3) is 5.91 Å². The standard InChI is InChI=1S/C15H15ClN2O4/c1-9-8-11(16)5-6-12(9)22-10(2)14(19)17-18-15(20)13-4-3-7-21-13/h3-8,10H,1-2H3,(H,17,19)(H,18,20)/t10-/m0/s1. The predicted molar refractivity (Wildman–Crippen MR) is 80.6 cm³/mol. The maximum atomic E-state index is 11.9. The van der Waals surface area contributed by atoms with Crippen LogP contribution in [-0.2, 0) is 4.79 Å². The van der Waals surface area contributed by atoms with Crippen molar-refractivity contribution in [1.29, 1.82) is 0 Å². The van der Waals surface area contributed by atoms with Crippen molar-refractivity contribution < 1.29 is 18.7 Å². The fourth-order valence-electron chi connectivity index (χ4n) is 1.68. The summed E-state index contributed by atoms with van der Waals surface area (Å²) in [7, 11) is 0. The van der Waals surface area contributed by atoms with E-state index < -0.39 is 17.9 Å². The molecule has 2 aromatic rings. The van der Waals surface area contributed by atoms with Crippen LogP contribution in [0.15, 0.2) is 41.0 Å². The van der Waals surface area contributed by atoms with Crippen LogP contribution in [0.4, 0.5) is 0 Å². The van der Waals surface area contributed by atoms with E-state index >= 15 is 0 Å². The molecule has 7 heteroatoms. The van der Waals surface area contributed by atoms with E-state index in [1.54, 1.807) is 31.2 Å². The number of hydrogen-bond acceptors (Lipinski definition) is 4. The van der Waals surface area contributed by atoms with Crippen LogP contribution in [0.1, 0.15) is 23.0 Å². The first-order chi connectivity index (χ1) is 10.5. The molecule has 2 N–H and O–H groups in total. The summed E-state index contributed by atoms with van der Waals surface area (Å²) in [5.74, 6) is -0.394. The second kappa shape index (κ2) is 7.00. The highest BCUT2D eigenvalue weighted by Crippen LogP contribution is 2.22. The molecule has 0 radical (unpaired) electrons. The van der Waals surface area contributed by atoms with Crippen LogP contribution in [0.2, 0.25) is 5.02 Å². The van der Waals surface area contributed by atoms with Crippen LogP contribution in [0.3, 0.4) is 0 Å². The predicted octanol–water partition coefficient (Wildman–Crippen LogP) is 2.47. The van der Waals surface area contributed by atoms with Crippen LogP contribution in [0.25, 0.3) is 0 Å². The highest BCUT2D eigenvalue weighted by Gasteiger charge is 2.17. The summed E-state index contributed by atoms with van der Waals surface area (Å²) in [5, 5.41) is 0.590. The molecule has 1 aromatic carbocycles. The third-order valence-electron chi connectivity index (χ3n) is 2.85. The molecule has 2 amide bonds. The fourth-order valence-corrected chi connectivity index (χ4v) is 1.91. The molecular weight excluding hydrogens is 308 g/mol. The van der Waals surface area contributed by atoms with Crippen molar-refractivity contribution in [1.82, 2.24) is 10.9 Å². The van der Waals surface area contributed by atoms with Crippen molar-refractivity contribution >= 4 is 23.4 Å². The molecule has 116 valence electrons. The van der Waals surface area contributed by atoms with Crippen LogP contribution >= 0.6 is 11.6 Å². The van der Waals surface area contributed by atoms with Gasteiger partial charge in [-0.25, -0.2) is 0 Å². The fraction of sp³-hybridized carbons (Fsp3) is 0.200. The maximum Gasteiger partial charge on any atom is 0.305 e. The molecule has 0 saturated heterocycles. The maximum absolute atomic E-state index is 11.9. The lowest BCUT2D eigenvalue weighted by Crippen LogP contribution is -2.47. The van der Waals surface area contributed by atoms with Crippen molar-refractivity contribution in [2.75, 3.05) is 0 Å². The second-order valence-electron chi connectivity index (χ2n) is 4.59. The molecule has 0 aliphatic carbocycles. The Morgan fingerprint density at radius 1 is 1.27 bits per heavy atom. The van der Waals surface area contributed by atoms with Gasteiger partial charge in [-0.2, -0.15) is 0 Å². The summed E-state index contributed by atoms with van der Waals surface area (Å²) < 4.78 is 10.4. The quantitative estimate of drug-likeness (QED) is 0.847. The number of rotatable bonds is 4. The first kappa shape index (κ1) is 15.9. The van der Waals surface area contributed by atoms with E-state index in [0.29, 0.717) is 10.8 Å². The topological polar surface area (TPSA) is 80.6 Å². The van der Waals surface area contributed by atoms with Crippen molar-refractivity contribution in [2.24, 2.45) is 0 Å². The van der Waals surface area contributed by atoms with Gasteiger partial charge in [-0.05, 0) is 49.7 Å². The Morgan fingerprint density at radius 3 is 2.68 bits per heavy atom. The molecule has 0 saturated carbocycles. The van der Waals surface area contributed by atoms with E-state index in [0.717, 1.165) is 5.56 Å². The summed E-state index contributed by atoms with van der Waals surface area (Å²) >= 11 is 5.86. The van der Waals surface area contributed by atoms with Gasteiger partial charge in [0, 0.05) is 5.02 Å². The summed E-state index contributed by atoms with van der Waals surface area (Å²) in [5.41, 5.74) is 5.33. The molecule has 22 heavy (non-hydrogen) atoms. The Kier molecular flexibility index (Phi) is 5.06. The number of hydrazine groups is 1. The highest BCUT2D eigenvalue weighted by atomic mass is 35.5. The third kappa shape index (κ3) is 4.02. The minimum Gasteiger partial charge on any atom is -0.481 e. The number of halogens is 1. The number of furan rings is 1. The molecule has 0 aliphatic heterocycles. The van der Waals surface area contributed by atoms with Gasteiger partial charge in [-0.15, -0.1) is 0 Å².